The van der Waals surface area contributed by atoms with Crippen molar-refractivity contribution in [1.29, 1.82) is 5.26 Å². The van der Waals surface area contributed by atoms with Crippen LogP contribution in [-0.2, 0) is 6.54 Å². The molecule has 110 valence electrons. The van der Waals surface area contributed by atoms with Gasteiger partial charge in [-0.1, -0.05) is 18.2 Å². The molecule has 0 N–H and O–H groups in total. The molecule has 6 nitrogen and oxygen atoms in total. The van der Waals surface area contributed by atoms with E-state index in [4.69, 9.17) is 14.7 Å². The second-order valence-corrected chi connectivity index (χ2v) is 4.70. The molecule has 0 aliphatic heterocycles. The van der Waals surface area contributed by atoms with Gasteiger partial charge < -0.3 is 9.47 Å². The van der Waals surface area contributed by atoms with Crippen molar-refractivity contribution >= 4 is 11.0 Å². The lowest BCUT2D eigenvalue weighted by Crippen LogP contribution is -2.05. The van der Waals surface area contributed by atoms with Crippen LogP contribution in [0, 0.1) is 11.3 Å². The third-order valence-electron chi connectivity index (χ3n) is 3.38. The van der Waals surface area contributed by atoms with E-state index < -0.39 is 0 Å². The van der Waals surface area contributed by atoms with Crippen molar-refractivity contribution in [2.24, 2.45) is 0 Å². The molecule has 0 unspecified atom stereocenters. The highest BCUT2D eigenvalue weighted by Gasteiger charge is 2.11. The van der Waals surface area contributed by atoms with E-state index in [1.54, 1.807) is 37.2 Å². The fourth-order valence-electron chi connectivity index (χ4n) is 2.28. The van der Waals surface area contributed by atoms with Gasteiger partial charge in [0.05, 0.1) is 32.4 Å². The monoisotopic (exact) mass is 294 g/mol. The van der Waals surface area contributed by atoms with Crippen LogP contribution in [0.2, 0.25) is 0 Å². The number of ether oxygens (including phenoxy) is 2. The van der Waals surface area contributed by atoms with Gasteiger partial charge in [0.15, 0.2) is 11.5 Å². The van der Waals surface area contributed by atoms with E-state index in [0.29, 0.717) is 34.6 Å². The Hall–Kier alpha value is -3.07. The third kappa shape index (κ3) is 2.44. The normalized spacial score (nSPS) is 10.4. The molecule has 0 saturated carbocycles. The molecule has 0 atom stereocenters. The molecule has 0 aliphatic rings. The second kappa shape index (κ2) is 5.74. The van der Waals surface area contributed by atoms with E-state index in [1.165, 1.54) is 0 Å². The predicted molar refractivity (Wildman–Crippen MR) is 80.9 cm³/mol. The van der Waals surface area contributed by atoms with Crippen LogP contribution in [0.25, 0.3) is 11.0 Å². The van der Waals surface area contributed by atoms with Gasteiger partial charge >= 0.3 is 0 Å². The van der Waals surface area contributed by atoms with E-state index in [2.05, 4.69) is 16.3 Å². The molecule has 22 heavy (non-hydrogen) atoms. The summed E-state index contributed by atoms with van der Waals surface area (Å²) >= 11 is 0. The maximum absolute atomic E-state index is 9.14. The van der Waals surface area contributed by atoms with Crippen LogP contribution in [-0.4, -0.2) is 29.2 Å². The molecule has 1 aromatic heterocycles. The van der Waals surface area contributed by atoms with Gasteiger partial charge in [-0.2, -0.15) is 20.3 Å². The summed E-state index contributed by atoms with van der Waals surface area (Å²) in [6.07, 6.45) is 0. The summed E-state index contributed by atoms with van der Waals surface area (Å²) in [4.78, 5) is 1.57. The molecule has 6 heteroatoms. The van der Waals surface area contributed by atoms with Gasteiger partial charge in [-0.25, -0.2) is 0 Å². The average Bonchev–Trinajstić information content (AvgIpc) is 2.95. The largest absolute Gasteiger partial charge is 0.493 e. The lowest BCUT2D eigenvalue weighted by molar-refractivity contribution is 0.356. The zero-order chi connectivity index (χ0) is 15.5. The quantitative estimate of drug-likeness (QED) is 0.738. The molecular weight excluding hydrogens is 280 g/mol. The van der Waals surface area contributed by atoms with Crippen LogP contribution >= 0.6 is 0 Å². The van der Waals surface area contributed by atoms with Crippen molar-refractivity contribution in [2.75, 3.05) is 14.2 Å². The molecule has 0 saturated heterocycles. The average molecular weight is 294 g/mol. The highest BCUT2D eigenvalue weighted by atomic mass is 16.5. The van der Waals surface area contributed by atoms with Crippen molar-refractivity contribution < 1.29 is 9.47 Å². The summed E-state index contributed by atoms with van der Waals surface area (Å²) in [5.74, 6) is 1.22. The molecule has 2 aromatic carbocycles. The van der Waals surface area contributed by atoms with Gasteiger partial charge in [0.25, 0.3) is 0 Å². The molecule has 0 radical (unpaired) electrons. The highest BCUT2D eigenvalue weighted by molar-refractivity contribution is 5.78. The van der Waals surface area contributed by atoms with Crippen molar-refractivity contribution in [2.45, 2.75) is 6.54 Å². The molecule has 0 bridgehead atoms. The first kappa shape index (κ1) is 13.9. The number of fused-ring (bicyclic) bond motifs is 1. The fourth-order valence-corrected chi connectivity index (χ4v) is 2.28. The standard InChI is InChI=1S/C16H14N4O2/c1-21-15-7-13-14(8-16(15)22-2)19-20(18-13)10-12-6-4-3-5-11(12)9-17/h3-8H,10H2,1-2H3. The first-order chi connectivity index (χ1) is 10.7. The summed E-state index contributed by atoms with van der Waals surface area (Å²) in [6, 6.07) is 13.2. The van der Waals surface area contributed by atoms with Crippen molar-refractivity contribution in [3.8, 4) is 17.6 Å². The van der Waals surface area contributed by atoms with Gasteiger partial charge in [-0.3, -0.25) is 0 Å². The summed E-state index contributed by atoms with van der Waals surface area (Å²) in [6.45, 7) is 0.434. The number of hydrogen-bond acceptors (Lipinski definition) is 5. The topological polar surface area (TPSA) is 73.0 Å². The fraction of sp³-hybridized carbons (Fsp3) is 0.188. The summed E-state index contributed by atoms with van der Waals surface area (Å²) in [5.41, 5.74) is 2.93. The van der Waals surface area contributed by atoms with Crippen molar-refractivity contribution in [3.05, 3.63) is 47.5 Å². The number of nitriles is 1. The minimum Gasteiger partial charge on any atom is -0.493 e. The van der Waals surface area contributed by atoms with Gasteiger partial charge in [0.1, 0.15) is 11.0 Å². The van der Waals surface area contributed by atoms with Gasteiger partial charge in [-0.05, 0) is 11.6 Å². The van der Waals surface area contributed by atoms with Crippen LogP contribution in [0.5, 0.6) is 11.5 Å². The van der Waals surface area contributed by atoms with Gasteiger partial charge in [0, 0.05) is 12.1 Å². The molecule has 1 heterocycles. The van der Waals surface area contributed by atoms with E-state index in [-0.39, 0.29) is 0 Å². The highest BCUT2D eigenvalue weighted by Crippen LogP contribution is 2.30. The van der Waals surface area contributed by atoms with Crippen LogP contribution in [0.15, 0.2) is 36.4 Å². The molecule has 0 amide bonds. The number of hydrogen-bond donors (Lipinski definition) is 0. The number of methoxy groups -OCH3 is 2. The smallest absolute Gasteiger partial charge is 0.163 e. The number of nitrogens with zero attached hydrogens (tertiary/aromatic N) is 4. The number of benzene rings is 2. The lowest BCUT2D eigenvalue weighted by atomic mass is 10.1. The Morgan fingerprint density at radius 3 is 2.18 bits per heavy atom. The minimum absolute atomic E-state index is 0.434. The molecule has 3 rings (SSSR count). The van der Waals surface area contributed by atoms with Gasteiger partial charge in [-0.15, -0.1) is 0 Å². The van der Waals surface area contributed by atoms with E-state index in [1.807, 2.05) is 18.2 Å². The SMILES string of the molecule is COc1cc2nn(Cc3ccccc3C#N)nc2cc1OC. The van der Waals surface area contributed by atoms with Crippen molar-refractivity contribution in [3.63, 3.8) is 0 Å². The third-order valence-corrected chi connectivity index (χ3v) is 3.38. The van der Waals surface area contributed by atoms with Crippen LogP contribution in [0.4, 0.5) is 0 Å². The van der Waals surface area contributed by atoms with Gasteiger partial charge in [0.2, 0.25) is 0 Å². The summed E-state index contributed by atoms with van der Waals surface area (Å²) in [7, 11) is 3.16. The first-order valence-corrected chi connectivity index (χ1v) is 6.70. The molecule has 0 fully saturated rings. The Kier molecular flexibility index (Phi) is 3.62. The molecule has 0 spiro atoms. The van der Waals surface area contributed by atoms with Crippen molar-refractivity contribution in [1.82, 2.24) is 15.0 Å². The molecule has 3 aromatic rings. The van der Waals surface area contributed by atoms with E-state index in [9.17, 15) is 0 Å². The Morgan fingerprint density at radius 1 is 1.05 bits per heavy atom. The number of rotatable bonds is 4. The van der Waals surface area contributed by atoms with E-state index in [0.717, 1.165) is 5.56 Å². The van der Waals surface area contributed by atoms with Crippen LogP contribution in [0.3, 0.4) is 0 Å². The predicted octanol–water partition coefficient (Wildman–Crippen LogP) is 2.37. The lowest BCUT2D eigenvalue weighted by Gasteiger charge is -2.05. The van der Waals surface area contributed by atoms with Crippen LogP contribution < -0.4 is 9.47 Å². The zero-order valence-corrected chi connectivity index (χ0v) is 12.3. The minimum atomic E-state index is 0.434. The Labute approximate surface area is 127 Å². The zero-order valence-electron chi connectivity index (χ0n) is 12.3. The number of aromatic nitrogens is 3. The second-order valence-electron chi connectivity index (χ2n) is 4.70. The van der Waals surface area contributed by atoms with E-state index >= 15 is 0 Å². The Balaban J connectivity index is 2.00. The molecule has 0 aliphatic carbocycles. The molecular formula is C16H14N4O2. The van der Waals surface area contributed by atoms with Crippen LogP contribution in [0.1, 0.15) is 11.1 Å². The maximum atomic E-state index is 9.14. The Bertz CT molecular complexity index is 823. The Morgan fingerprint density at radius 2 is 1.64 bits per heavy atom. The summed E-state index contributed by atoms with van der Waals surface area (Å²) < 4.78 is 10.5. The summed E-state index contributed by atoms with van der Waals surface area (Å²) in [5, 5.41) is 18.0. The maximum Gasteiger partial charge on any atom is 0.163 e. The first-order valence-electron chi connectivity index (χ1n) is 6.70.